The summed E-state index contributed by atoms with van der Waals surface area (Å²) in [5, 5.41) is 14.8. The molecule has 1 aliphatic rings. The van der Waals surface area contributed by atoms with Gasteiger partial charge < -0.3 is 25.4 Å². The highest BCUT2D eigenvalue weighted by atomic mass is 16.6. The minimum absolute atomic E-state index is 0.0282. The third-order valence-electron chi connectivity index (χ3n) is 5.85. The third kappa shape index (κ3) is 6.02. The molecular weight excluding hydrogens is 462 g/mol. The average molecular weight is 496 g/mol. The molecule has 3 rings (SSSR count). The maximum atomic E-state index is 13.8. The molecule has 1 heterocycles. The minimum Gasteiger partial charge on any atom is -0.480 e. The molecule has 36 heavy (non-hydrogen) atoms. The average Bonchev–Trinajstić information content (AvgIpc) is 2.78. The van der Waals surface area contributed by atoms with Crippen LogP contribution in [-0.2, 0) is 25.5 Å². The highest BCUT2D eigenvalue weighted by Gasteiger charge is 2.57. The summed E-state index contributed by atoms with van der Waals surface area (Å²) in [6.45, 7) is 7.95. The van der Waals surface area contributed by atoms with Gasteiger partial charge in [-0.15, -0.1) is 0 Å². The van der Waals surface area contributed by atoms with Gasteiger partial charge in [0.1, 0.15) is 22.7 Å². The Labute approximate surface area is 210 Å². The normalized spacial score (nSPS) is 18.6. The quantitative estimate of drug-likeness (QED) is 0.484. The fourth-order valence-electron chi connectivity index (χ4n) is 4.07. The first-order valence-electron chi connectivity index (χ1n) is 11.7. The molecule has 1 fully saturated rings. The Morgan fingerprint density at radius 1 is 1.00 bits per heavy atom. The van der Waals surface area contributed by atoms with E-state index in [1.165, 1.54) is 18.7 Å². The van der Waals surface area contributed by atoms with Gasteiger partial charge in [0.25, 0.3) is 5.91 Å². The van der Waals surface area contributed by atoms with E-state index in [1.807, 2.05) is 30.3 Å². The number of β-lactam (4-membered cyclic amide) rings is 1. The molecule has 0 aliphatic carbocycles. The molecule has 0 saturated carbocycles. The van der Waals surface area contributed by atoms with E-state index in [-0.39, 0.29) is 13.0 Å². The van der Waals surface area contributed by atoms with Gasteiger partial charge in [0.2, 0.25) is 5.91 Å². The van der Waals surface area contributed by atoms with Gasteiger partial charge in [-0.2, -0.15) is 0 Å². The molecule has 2 aromatic rings. The van der Waals surface area contributed by atoms with Crippen molar-refractivity contribution in [3.63, 3.8) is 0 Å². The summed E-state index contributed by atoms with van der Waals surface area (Å²) < 4.78 is 5.41. The number of hydrogen-bond donors (Lipinski definition) is 3. The van der Waals surface area contributed by atoms with E-state index in [0.717, 1.165) is 5.56 Å². The third-order valence-corrected chi connectivity index (χ3v) is 5.85. The van der Waals surface area contributed by atoms with Gasteiger partial charge in [-0.05, 0) is 45.7 Å². The van der Waals surface area contributed by atoms with Crippen molar-refractivity contribution in [3.05, 3.63) is 71.8 Å². The Balaban J connectivity index is 1.94. The molecule has 0 unspecified atom stereocenters. The number of rotatable bonds is 8. The van der Waals surface area contributed by atoms with E-state index < -0.39 is 46.6 Å². The first-order valence-corrected chi connectivity index (χ1v) is 11.7. The number of carboxylic acids is 1. The summed E-state index contributed by atoms with van der Waals surface area (Å²) in [6.07, 6.45) is -0.536. The van der Waals surface area contributed by atoms with Crippen LogP contribution in [0.25, 0.3) is 0 Å². The number of carboxylic acid groups (broad SMARTS) is 1. The maximum absolute atomic E-state index is 13.8. The van der Waals surface area contributed by atoms with Crippen molar-refractivity contribution >= 4 is 23.9 Å². The monoisotopic (exact) mass is 495 g/mol. The molecule has 9 heteroatoms. The largest absolute Gasteiger partial charge is 0.480 e. The van der Waals surface area contributed by atoms with E-state index in [4.69, 9.17) is 4.74 Å². The summed E-state index contributed by atoms with van der Waals surface area (Å²) in [5.74, 6) is -2.30. The molecule has 0 bridgehead atoms. The van der Waals surface area contributed by atoms with Gasteiger partial charge in [-0.3, -0.25) is 9.59 Å². The van der Waals surface area contributed by atoms with Gasteiger partial charge in [0.05, 0.1) is 6.54 Å². The van der Waals surface area contributed by atoms with Crippen LogP contribution >= 0.6 is 0 Å². The van der Waals surface area contributed by atoms with Crippen molar-refractivity contribution in [2.45, 2.75) is 63.8 Å². The minimum atomic E-state index is -1.55. The lowest BCUT2D eigenvalue weighted by molar-refractivity contribution is -0.162. The number of alkyl carbamates (subject to hydrolysis) is 1. The molecule has 2 aromatic carbocycles. The first-order chi connectivity index (χ1) is 16.7. The number of nitrogens with zero attached hydrogens (tertiary/aromatic N) is 1. The van der Waals surface area contributed by atoms with Crippen LogP contribution in [-0.4, -0.2) is 57.1 Å². The van der Waals surface area contributed by atoms with Crippen LogP contribution in [0.2, 0.25) is 0 Å². The number of ether oxygens (including phenoxy) is 1. The zero-order valence-corrected chi connectivity index (χ0v) is 21.2. The van der Waals surface area contributed by atoms with E-state index >= 15 is 0 Å². The van der Waals surface area contributed by atoms with Crippen LogP contribution in [0, 0.1) is 0 Å². The smallest absolute Gasteiger partial charge is 0.408 e. The van der Waals surface area contributed by atoms with Gasteiger partial charge in [0, 0.05) is 6.42 Å². The second-order valence-corrected chi connectivity index (χ2v) is 10.5. The van der Waals surface area contributed by atoms with Crippen molar-refractivity contribution in [1.82, 2.24) is 15.5 Å². The summed E-state index contributed by atoms with van der Waals surface area (Å²) in [6, 6.07) is 16.8. The van der Waals surface area contributed by atoms with Gasteiger partial charge >= 0.3 is 12.1 Å². The van der Waals surface area contributed by atoms with Crippen LogP contribution in [0.5, 0.6) is 0 Å². The lowest BCUT2D eigenvalue weighted by atomic mass is 9.80. The van der Waals surface area contributed by atoms with Crippen LogP contribution in [0.1, 0.15) is 51.8 Å². The molecule has 9 nitrogen and oxygen atoms in total. The van der Waals surface area contributed by atoms with Crippen LogP contribution in [0.15, 0.2) is 60.7 Å². The summed E-state index contributed by atoms with van der Waals surface area (Å²) in [7, 11) is 0. The number of hydrogen-bond acceptors (Lipinski definition) is 5. The Bertz CT molecular complexity index is 1130. The second kappa shape index (κ2) is 10.0. The molecule has 3 N–H and O–H groups in total. The predicted octanol–water partition coefficient (Wildman–Crippen LogP) is 3.06. The Morgan fingerprint density at radius 3 is 2.06 bits per heavy atom. The Kier molecular flexibility index (Phi) is 7.43. The molecule has 2 atom stereocenters. The molecule has 0 spiro atoms. The van der Waals surface area contributed by atoms with Crippen molar-refractivity contribution in [2.24, 2.45) is 0 Å². The highest BCUT2D eigenvalue weighted by molar-refractivity contribution is 6.00. The predicted molar refractivity (Wildman–Crippen MR) is 133 cm³/mol. The van der Waals surface area contributed by atoms with Gasteiger partial charge in [-0.1, -0.05) is 60.7 Å². The topological polar surface area (TPSA) is 125 Å². The van der Waals surface area contributed by atoms with Gasteiger partial charge in [0.15, 0.2) is 0 Å². The summed E-state index contributed by atoms with van der Waals surface area (Å²) in [4.78, 5) is 52.8. The fourth-order valence-corrected chi connectivity index (χ4v) is 4.07. The van der Waals surface area contributed by atoms with Crippen molar-refractivity contribution < 1.29 is 29.0 Å². The van der Waals surface area contributed by atoms with Crippen molar-refractivity contribution in [3.8, 4) is 0 Å². The molecule has 3 amide bonds. The number of carbonyl (C=O) groups is 4. The lowest BCUT2D eigenvalue weighted by Gasteiger charge is -2.51. The maximum Gasteiger partial charge on any atom is 0.408 e. The van der Waals surface area contributed by atoms with Crippen LogP contribution in [0.4, 0.5) is 4.79 Å². The number of benzene rings is 2. The zero-order valence-electron chi connectivity index (χ0n) is 21.2. The number of likely N-dealkylation sites (tertiary alicyclic amines) is 1. The number of amides is 3. The number of aliphatic carboxylic acids is 1. The molecule has 0 radical (unpaired) electrons. The Morgan fingerprint density at radius 2 is 1.56 bits per heavy atom. The van der Waals surface area contributed by atoms with E-state index in [9.17, 15) is 24.3 Å². The number of carbonyl (C=O) groups excluding carboxylic acids is 3. The number of nitrogens with one attached hydrogen (secondary N) is 2. The lowest BCUT2D eigenvalue weighted by Crippen LogP contribution is -2.76. The molecule has 1 saturated heterocycles. The van der Waals surface area contributed by atoms with Crippen LogP contribution in [0.3, 0.4) is 0 Å². The molecular formula is C27H33N3O6. The Hall–Kier alpha value is -3.88. The first kappa shape index (κ1) is 26.7. The highest BCUT2D eigenvalue weighted by Crippen LogP contribution is 2.36. The molecule has 192 valence electrons. The van der Waals surface area contributed by atoms with Crippen molar-refractivity contribution in [2.75, 3.05) is 6.54 Å². The SMILES string of the molecule is CC(C)(C)OC(=O)N[C@]1(Cc2ccccc2)CN([C@@H](C(=O)NC(C)(C)C(=O)O)c2ccccc2)C1=O. The van der Waals surface area contributed by atoms with E-state index in [2.05, 4.69) is 10.6 Å². The van der Waals surface area contributed by atoms with Crippen molar-refractivity contribution in [1.29, 1.82) is 0 Å². The summed E-state index contributed by atoms with van der Waals surface area (Å²) in [5.41, 5.74) is -2.28. The van der Waals surface area contributed by atoms with E-state index in [1.54, 1.807) is 51.1 Å². The zero-order chi connectivity index (χ0) is 26.7. The second-order valence-electron chi connectivity index (χ2n) is 10.5. The van der Waals surface area contributed by atoms with Gasteiger partial charge in [-0.25, -0.2) is 9.59 Å². The molecule has 0 aromatic heterocycles. The van der Waals surface area contributed by atoms with E-state index in [0.29, 0.717) is 5.56 Å². The molecule has 1 aliphatic heterocycles. The standard InChI is InChI=1S/C27H33N3O6/c1-25(2,3)36-24(35)29-27(16-18-12-8-6-9-13-18)17-30(22(27)32)20(19-14-10-7-11-15-19)21(31)28-26(4,5)23(33)34/h6-15,20H,16-17H2,1-5H3,(H,28,31)(H,29,35)(H,33,34)/t20-,27-/m1/s1. The fraction of sp³-hybridized carbons (Fsp3) is 0.407. The summed E-state index contributed by atoms with van der Waals surface area (Å²) >= 11 is 0. The van der Waals surface area contributed by atoms with Crippen LogP contribution < -0.4 is 10.6 Å².